The van der Waals surface area contributed by atoms with E-state index in [1.165, 1.54) is 60.7 Å². The van der Waals surface area contributed by atoms with Crippen molar-refractivity contribution < 1.29 is 37.1 Å². The molecule has 5 aromatic heterocycles. The van der Waals surface area contributed by atoms with Crippen LogP contribution in [0.4, 0.5) is 4.39 Å². The Balaban J connectivity index is 0.000000225. The first-order valence-corrected chi connectivity index (χ1v) is 30.8. The van der Waals surface area contributed by atoms with Gasteiger partial charge in [-0.15, -0.1) is 18.2 Å². The zero-order chi connectivity index (χ0) is 52.5. The van der Waals surface area contributed by atoms with E-state index in [0.29, 0.717) is 5.71 Å². The molecule has 1 saturated carbocycles. The second-order valence-electron chi connectivity index (χ2n) is 20.2. The number of halogens is 1. The molecule has 0 amide bonds. The molecule has 0 aliphatic heterocycles. The van der Waals surface area contributed by atoms with Crippen molar-refractivity contribution in [3.05, 3.63) is 167 Å². The molecule has 6 nitrogen and oxygen atoms in total. The molecule has 0 bridgehead atoms. The molecule has 9 heteroatoms. The molecular weight excluding hydrogens is 1090 g/mol. The predicted octanol–water partition coefficient (Wildman–Crippen LogP) is 15.2. The van der Waals surface area contributed by atoms with Gasteiger partial charge in [0.25, 0.3) is 0 Å². The van der Waals surface area contributed by atoms with E-state index < -0.39 is 38.4 Å². The molecule has 0 spiro atoms. The average molecular weight is 1160 g/mol. The molecule has 69 heavy (non-hydrogen) atoms. The zero-order valence-electron chi connectivity index (χ0n) is 46.0. The summed E-state index contributed by atoms with van der Waals surface area (Å²) in [6.45, 7) is 3.91. The van der Waals surface area contributed by atoms with Gasteiger partial charge in [0.05, 0.1) is 28.0 Å². The number of hydrogen-bond donors (Lipinski definition) is 0. The van der Waals surface area contributed by atoms with E-state index in [1.54, 1.807) is 0 Å². The molecule has 0 atom stereocenters. The van der Waals surface area contributed by atoms with E-state index in [1.807, 2.05) is 30.3 Å². The Morgan fingerprint density at radius 1 is 0.768 bits per heavy atom. The summed E-state index contributed by atoms with van der Waals surface area (Å²) in [5.41, 5.74) is 11.4. The van der Waals surface area contributed by atoms with Crippen molar-refractivity contribution in [2.75, 3.05) is 0 Å². The Kier molecular flexibility index (Phi) is 11.4. The van der Waals surface area contributed by atoms with Crippen LogP contribution in [0.15, 0.2) is 126 Å². The number of imidazole rings is 1. The summed E-state index contributed by atoms with van der Waals surface area (Å²) in [6.07, 6.45) is 7.75. The van der Waals surface area contributed by atoms with Crippen molar-refractivity contribution >= 4 is 61.7 Å². The van der Waals surface area contributed by atoms with Gasteiger partial charge in [0.2, 0.25) is 5.71 Å². The SMILES string of the molecule is Cc1ccc2c(ccc3nc(-c4[c-]ccc5c4oc4nc(CC6CCCC6)ccc45)n(-c4ccc(-c5ccccc5)cc4C(C)(C)C)c32)n1.[2H]C([2H])([2H])c1cc(-c2[c-]ccc(C([2H])([2H])[2H])c2F)nc[c]1[Ge]([CH3])([CH3])[CH3].[Ir]. The fourth-order valence-electron chi connectivity index (χ4n) is 9.72. The third-order valence-corrected chi connectivity index (χ3v) is 17.5. The molecule has 5 heterocycles. The van der Waals surface area contributed by atoms with E-state index in [2.05, 4.69) is 133 Å². The van der Waals surface area contributed by atoms with Crippen LogP contribution in [0.2, 0.25) is 17.3 Å². The van der Waals surface area contributed by atoms with Gasteiger partial charge in [-0.25, -0.2) is 4.98 Å². The van der Waals surface area contributed by atoms with Crippen LogP contribution in [0.3, 0.4) is 0 Å². The van der Waals surface area contributed by atoms with Gasteiger partial charge in [-0.3, -0.25) is 9.97 Å². The maximum atomic E-state index is 14.7. The molecule has 0 saturated heterocycles. The minimum Gasteiger partial charge on any atom is 0 e. The predicted molar refractivity (Wildman–Crippen MR) is 281 cm³/mol. The minimum atomic E-state index is -2.61. The monoisotopic (exact) mass is 1160 g/mol. The third kappa shape index (κ3) is 9.48. The maximum Gasteiger partial charge on any atom is 0 e. The zero-order valence-corrected chi connectivity index (χ0v) is 44.5. The van der Waals surface area contributed by atoms with Crippen molar-refractivity contribution in [2.45, 2.75) is 96.2 Å². The summed E-state index contributed by atoms with van der Waals surface area (Å²) in [5, 5.41) is 3.11. The van der Waals surface area contributed by atoms with Crippen LogP contribution in [-0.4, -0.2) is 37.8 Å². The number of rotatable bonds is 7. The van der Waals surface area contributed by atoms with Gasteiger partial charge in [0.1, 0.15) is 0 Å². The van der Waals surface area contributed by atoms with Gasteiger partial charge >= 0.3 is 125 Å². The van der Waals surface area contributed by atoms with Crippen molar-refractivity contribution in [1.82, 2.24) is 24.5 Å². The van der Waals surface area contributed by atoms with Gasteiger partial charge < -0.3 is 8.98 Å². The van der Waals surface area contributed by atoms with Crippen LogP contribution in [0.25, 0.3) is 83.5 Å². The molecular formula is C60H58FGeIrN5O-2. The van der Waals surface area contributed by atoms with Crippen LogP contribution >= 0.6 is 0 Å². The molecule has 1 aliphatic rings. The summed E-state index contributed by atoms with van der Waals surface area (Å²) >= 11 is -2.52. The largest absolute Gasteiger partial charge is 0 e. The van der Waals surface area contributed by atoms with Crippen molar-refractivity contribution in [3.8, 4) is 39.5 Å². The fourth-order valence-corrected chi connectivity index (χ4v) is 12.5. The third-order valence-electron chi connectivity index (χ3n) is 13.2. The van der Waals surface area contributed by atoms with E-state index in [-0.39, 0.29) is 42.3 Å². The number of nitrogens with zero attached hydrogens (tertiary/aromatic N) is 5. The quantitative estimate of drug-likeness (QED) is 0.117. The number of aryl methyl sites for hydroxylation is 3. The van der Waals surface area contributed by atoms with Gasteiger partial charge in [-0.1, -0.05) is 93.8 Å². The standard InChI is InChI=1S/C44H39N4O.C16H19FGeN.Ir/c1-27-17-20-34-37(45-27)22-23-38-40(34)48(39-24-18-30(26-36(39)44(2,3)4)29-13-6-5-7-14-29)42(47-38)35-16-10-15-32-33-21-19-31(25-28-11-8-9-12-28)46-43(33)49-41(32)35;1-11-7-6-8-13(16(11)17)15-9-12(2)14(10-19-15)18(3,4)5;/h5-7,10,13-15,17-24,26,28H,8-9,11-12,25H2,1-4H3;6-7,9-10H,1-5H3;/q2*-1;/i;1D3,2D3;. The molecule has 10 aromatic rings. The number of benzene rings is 5. The second kappa shape index (κ2) is 19.2. The second-order valence-corrected chi connectivity index (χ2v) is 30.8. The minimum absolute atomic E-state index is 0. The first kappa shape index (κ1) is 41.0. The molecule has 11 rings (SSSR count). The normalized spacial score (nSPS) is 15.0. The number of aromatic nitrogens is 5. The Labute approximate surface area is 430 Å². The first-order valence-electron chi connectivity index (χ1n) is 26.5. The topological polar surface area (TPSA) is 69.6 Å². The summed E-state index contributed by atoms with van der Waals surface area (Å²) in [5.74, 6) is 6.71. The summed E-state index contributed by atoms with van der Waals surface area (Å²) in [6, 6.07) is 44.3. The molecule has 1 fully saturated rings. The Morgan fingerprint density at radius 2 is 1.51 bits per heavy atom. The number of fused-ring (bicyclic) bond motifs is 6. The number of furan rings is 1. The van der Waals surface area contributed by atoms with Gasteiger partial charge in [-0.2, -0.15) is 0 Å². The average Bonchev–Trinajstić information content (AvgIpc) is 4.11. The molecule has 0 unspecified atom stereocenters. The summed E-state index contributed by atoms with van der Waals surface area (Å²) in [4.78, 5) is 19.5. The fraction of sp³-hybridized carbons (Fsp3) is 0.267. The van der Waals surface area contributed by atoms with E-state index >= 15 is 0 Å². The van der Waals surface area contributed by atoms with Gasteiger partial charge in [0.15, 0.2) is 0 Å². The van der Waals surface area contributed by atoms with E-state index in [9.17, 15) is 4.39 Å². The molecule has 1 radical (unpaired) electrons. The van der Waals surface area contributed by atoms with Crippen molar-refractivity contribution in [2.24, 2.45) is 5.92 Å². The summed E-state index contributed by atoms with van der Waals surface area (Å²) in [7, 11) is 0. The number of hydrogen-bond acceptors (Lipinski definition) is 5. The Bertz CT molecular complexity index is 3760. The van der Waals surface area contributed by atoms with Gasteiger partial charge in [0, 0.05) is 48.0 Å². The van der Waals surface area contributed by atoms with E-state index in [4.69, 9.17) is 27.6 Å². The van der Waals surface area contributed by atoms with Crippen LogP contribution in [0.5, 0.6) is 0 Å². The van der Waals surface area contributed by atoms with Crippen molar-refractivity contribution in [1.29, 1.82) is 0 Å². The smallest absolute Gasteiger partial charge is 0 e. The molecule has 351 valence electrons. The van der Waals surface area contributed by atoms with E-state index in [0.717, 1.165) is 89.6 Å². The maximum absolute atomic E-state index is 14.7. The van der Waals surface area contributed by atoms with Crippen LogP contribution in [0.1, 0.15) is 82.8 Å². The molecule has 0 N–H and O–H groups in total. The number of pyridine rings is 3. The molecule has 1 aliphatic carbocycles. The first-order chi connectivity index (χ1) is 35.0. The van der Waals surface area contributed by atoms with Crippen LogP contribution < -0.4 is 4.40 Å². The summed E-state index contributed by atoms with van der Waals surface area (Å²) < 4.78 is 70.0. The Hall–Kier alpha value is -5.80. The van der Waals surface area contributed by atoms with Crippen LogP contribution in [-0.2, 0) is 31.9 Å². The van der Waals surface area contributed by atoms with Gasteiger partial charge in [-0.05, 0) is 89.9 Å². The Morgan fingerprint density at radius 3 is 2.26 bits per heavy atom. The van der Waals surface area contributed by atoms with Crippen LogP contribution in [0, 0.1) is 44.5 Å². The van der Waals surface area contributed by atoms with Crippen molar-refractivity contribution in [3.63, 3.8) is 0 Å². The molecule has 5 aromatic carbocycles.